The Balaban J connectivity index is 1.53. The molecule has 1 saturated heterocycles. The number of halogens is 1. The number of fused-ring (bicyclic) bond motifs is 5. The summed E-state index contributed by atoms with van der Waals surface area (Å²) in [7, 11) is 0. The number of esters is 1. The molecule has 0 saturated carbocycles. The van der Waals surface area contributed by atoms with E-state index in [9.17, 15) is 14.7 Å². The highest BCUT2D eigenvalue weighted by molar-refractivity contribution is 9.10. The van der Waals surface area contributed by atoms with Gasteiger partial charge in [-0.25, -0.2) is 9.78 Å². The predicted octanol–water partition coefficient (Wildman–Crippen LogP) is 2.67. The fourth-order valence-corrected chi connectivity index (χ4v) is 5.65. The Labute approximate surface area is 204 Å². The Hall–Kier alpha value is -2.59. The van der Waals surface area contributed by atoms with Crippen LogP contribution < -0.4 is 5.56 Å². The van der Waals surface area contributed by atoms with Gasteiger partial charge in [0.05, 0.1) is 42.2 Å². The van der Waals surface area contributed by atoms with Crippen LogP contribution in [-0.2, 0) is 39.6 Å². The molecule has 8 nitrogen and oxygen atoms in total. The van der Waals surface area contributed by atoms with Gasteiger partial charge < -0.3 is 19.1 Å². The SMILES string of the molecule is CC[C@@]1(O)C(=O)OCc2c1cc1n(c2=O)Cc2cc3c(Br)ccc(CN4CCOCC4)c3nc2-1. The zero-order valence-corrected chi connectivity index (χ0v) is 20.4. The van der Waals surface area contributed by atoms with Crippen LogP contribution in [0.4, 0.5) is 0 Å². The molecule has 5 heterocycles. The third kappa shape index (κ3) is 3.18. The molecule has 0 bridgehead atoms. The second kappa shape index (κ2) is 7.98. The Morgan fingerprint density at radius 2 is 2.00 bits per heavy atom. The molecular formula is C25H24BrN3O5. The van der Waals surface area contributed by atoms with Crippen molar-refractivity contribution in [3.05, 3.63) is 61.3 Å². The number of carbonyl (C=O) groups is 1. The molecule has 0 aliphatic carbocycles. The average molecular weight is 526 g/mol. The largest absolute Gasteiger partial charge is 0.458 e. The number of benzene rings is 1. The molecule has 176 valence electrons. The standard InChI is InChI=1S/C25H24BrN3O5/c1-2-25(32)18-10-20-22-15(12-29(20)23(30)17(18)13-34-24(25)31)9-16-19(26)4-3-14(21(16)27-22)11-28-5-7-33-8-6-28/h3-4,9-10,32H,2,5-8,11-13H2,1H3/t25-/m0/s1. The first-order valence-electron chi connectivity index (χ1n) is 11.5. The highest BCUT2D eigenvalue weighted by atomic mass is 79.9. The van der Waals surface area contributed by atoms with Crippen molar-refractivity contribution in [1.82, 2.24) is 14.5 Å². The molecular weight excluding hydrogens is 502 g/mol. The summed E-state index contributed by atoms with van der Waals surface area (Å²) in [5, 5.41) is 12.1. The van der Waals surface area contributed by atoms with E-state index in [1.54, 1.807) is 17.6 Å². The number of aliphatic hydroxyl groups is 1. The van der Waals surface area contributed by atoms with Gasteiger partial charge in [0.15, 0.2) is 5.60 Å². The number of aromatic nitrogens is 2. The summed E-state index contributed by atoms with van der Waals surface area (Å²) in [6, 6.07) is 7.97. The summed E-state index contributed by atoms with van der Waals surface area (Å²) in [6.07, 6.45) is 0.121. The lowest BCUT2D eigenvalue weighted by Gasteiger charge is -2.31. The topological polar surface area (TPSA) is 93.9 Å². The van der Waals surface area contributed by atoms with Crippen molar-refractivity contribution in [2.24, 2.45) is 0 Å². The van der Waals surface area contributed by atoms with Crippen molar-refractivity contribution in [3.8, 4) is 11.4 Å². The van der Waals surface area contributed by atoms with Crippen molar-refractivity contribution in [2.75, 3.05) is 26.3 Å². The molecule has 0 unspecified atom stereocenters. The van der Waals surface area contributed by atoms with Crippen molar-refractivity contribution in [3.63, 3.8) is 0 Å². The zero-order chi connectivity index (χ0) is 23.6. The van der Waals surface area contributed by atoms with Crippen molar-refractivity contribution >= 4 is 32.8 Å². The van der Waals surface area contributed by atoms with Crippen LogP contribution >= 0.6 is 15.9 Å². The maximum absolute atomic E-state index is 13.4. The van der Waals surface area contributed by atoms with Gasteiger partial charge in [0.2, 0.25) is 0 Å². The lowest BCUT2D eigenvalue weighted by Crippen LogP contribution is -2.44. The van der Waals surface area contributed by atoms with Crippen LogP contribution in [-0.4, -0.2) is 51.8 Å². The number of pyridine rings is 2. The first-order chi connectivity index (χ1) is 16.4. The molecule has 1 atom stereocenters. The van der Waals surface area contributed by atoms with Gasteiger partial charge in [-0.15, -0.1) is 0 Å². The number of ether oxygens (including phenoxy) is 2. The van der Waals surface area contributed by atoms with Gasteiger partial charge in [0, 0.05) is 40.6 Å². The van der Waals surface area contributed by atoms with Crippen LogP contribution in [0.5, 0.6) is 0 Å². The summed E-state index contributed by atoms with van der Waals surface area (Å²) >= 11 is 3.67. The Kier molecular flexibility index (Phi) is 5.14. The molecule has 1 aromatic carbocycles. The summed E-state index contributed by atoms with van der Waals surface area (Å²) < 4.78 is 13.3. The molecule has 1 N–H and O–H groups in total. The monoisotopic (exact) mass is 525 g/mol. The molecule has 2 aromatic heterocycles. The molecule has 9 heteroatoms. The van der Waals surface area contributed by atoms with Crippen LogP contribution in [0.25, 0.3) is 22.3 Å². The number of hydrogen-bond donors (Lipinski definition) is 1. The second-order valence-corrected chi connectivity index (χ2v) is 9.94. The van der Waals surface area contributed by atoms with Crippen molar-refractivity contribution < 1.29 is 19.4 Å². The smallest absolute Gasteiger partial charge is 0.343 e. The van der Waals surface area contributed by atoms with Gasteiger partial charge >= 0.3 is 5.97 Å². The van der Waals surface area contributed by atoms with Gasteiger partial charge in [-0.2, -0.15) is 0 Å². The van der Waals surface area contributed by atoms with Crippen LogP contribution in [0.2, 0.25) is 0 Å². The molecule has 3 aliphatic rings. The van der Waals surface area contributed by atoms with E-state index in [2.05, 4.69) is 33.0 Å². The fourth-order valence-electron chi connectivity index (χ4n) is 5.22. The number of carbonyl (C=O) groups excluding carboxylic acids is 1. The van der Waals surface area contributed by atoms with Crippen molar-refractivity contribution in [2.45, 2.75) is 38.6 Å². The molecule has 1 fully saturated rings. The fraction of sp³-hybridized carbons (Fsp3) is 0.400. The predicted molar refractivity (Wildman–Crippen MR) is 128 cm³/mol. The third-order valence-corrected chi connectivity index (χ3v) is 7.90. The van der Waals surface area contributed by atoms with Gasteiger partial charge in [0.25, 0.3) is 5.56 Å². The third-order valence-electron chi connectivity index (χ3n) is 7.21. The van der Waals surface area contributed by atoms with Crippen LogP contribution in [0, 0.1) is 0 Å². The van der Waals surface area contributed by atoms with Crippen LogP contribution in [0.15, 0.2) is 33.5 Å². The summed E-state index contributed by atoms with van der Waals surface area (Å²) in [5.74, 6) is -0.715. The Morgan fingerprint density at radius 3 is 2.76 bits per heavy atom. The normalized spacial score (nSPS) is 21.8. The van der Waals surface area contributed by atoms with Gasteiger partial charge in [-0.3, -0.25) is 9.69 Å². The minimum absolute atomic E-state index is 0.121. The van der Waals surface area contributed by atoms with E-state index in [0.717, 1.165) is 59.4 Å². The Morgan fingerprint density at radius 1 is 1.21 bits per heavy atom. The molecule has 0 amide bonds. The van der Waals surface area contributed by atoms with E-state index in [0.29, 0.717) is 29.1 Å². The Bertz CT molecular complexity index is 1410. The first-order valence-corrected chi connectivity index (χ1v) is 12.3. The van der Waals surface area contributed by atoms with E-state index in [1.165, 1.54) is 0 Å². The van der Waals surface area contributed by atoms with Crippen molar-refractivity contribution in [1.29, 1.82) is 0 Å². The molecule has 0 spiro atoms. The molecule has 6 rings (SSSR count). The molecule has 34 heavy (non-hydrogen) atoms. The average Bonchev–Trinajstić information content (AvgIpc) is 3.21. The number of nitrogens with zero attached hydrogens (tertiary/aromatic N) is 3. The molecule has 0 radical (unpaired) electrons. The lowest BCUT2D eigenvalue weighted by atomic mass is 9.86. The summed E-state index contributed by atoms with van der Waals surface area (Å²) in [5.41, 5.74) is 2.85. The van der Waals surface area contributed by atoms with Gasteiger partial charge in [-0.05, 0) is 30.2 Å². The van der Waals surface area contributed by atoms with Gasteiger partial charge in [-0.1, -0.05) is 28.9 Å². The number of hydrogen-bond acceptors (Lipinski definition) is 7. The number of morpholine rings is 1. The molecule has 3 aliphatic heterocycles. The first kappa shape index (κ1) is 21.9. The number of rotatable bonds is 3. The van der Waals surface area contributed by atoms with E-state index >= 15 is 0 Å². The van der Waals surface area contributed by atoms with E-state index < -0.39 is 11.6 Å². The van der Waals surface area contributed by atoms with Gasteiger partial charge in [0.1, 0.15) is 6.61 Å². The molecule has 3 aromatic rings. The van der Waals surface area contributed by atoms with E-state index in [1.807, 2.05) is 6.07 Å². The van der Waals surface area contributed by atoms with Crippen LogP contribution in [0.3, 0.4) is 0 Å². The summed E-state index contributed by atoms with van der Waals surface area (Å²) in [4.78, 5) is 33.2. The maximum Gasteiger partial charge on any atom is 0.343 e. The maximum atomic E-state index is 13.4. The van der Waals surface area contributed by atoms with E-state index in [4.69, 9.17) is 14.5 Å². The lowest BCUT2D eigenvalue weighted by molar-refractivity contribution is -0.172. The van der Waals surface area contributed by atoms with E-state index in [-0.39, 0.29) is 18.6 Å². The second-order valence-electron chi connectivity index (χ2n) is 9.09. The number of cyclic esters (lactones) is 1. The zero-order valence-electron chi connectivity index (χ0n) is 18.8. The summed E-state index contributed by atoms with van der Waals surface area (Å²) in [6.45, 7) is 5.92. The quantitative estimate of drug-likeness (QED) is 0.411. The highest BCUT2D eigenvalue weighted by Gasteiger charge is 2.45. The highest BCUT2D eigenvalue weighted by Crippen LogP contribution is 2.39. The minimum atomic E-state index is -1.83. The minimum Gasteiger partial charge on any atom is -0.458 e. The van der Waals surface area contributed by atoms with Crippen LogP contribution in [0.1, 0.15) is 35.6 Å².